The van der Waals surface area contributed by atoms with E-state index in [4.69, 9.17) is 22.3 Å². The number of anilines is 1. The van der Waals surface area contributed by atoms with Gasteiger partial charge in [-0.25, -0.2) is 4.98 Å². The van der Waals surface area contributed by atoms with Crippen LogP contribution in [0.4, 0.5) is 5.82 Å². The molecule has 0 atom stereocenters. The number of nitrogens with zero attached hydrogens (tertiary/aromatic N) is 2. The molecule has 0 fully saturated rings. The van der Waals surface area contributed by atoms with E-state index in [-0.39, 0.29) is 0 Å². The summed E-state index contributed by atoms with van der Waals surface area (Å²) in [5.74, 6) is 0.297. The second-order valence-electron chi connectivity index (χ2n) is 10.6. The van der Waals surface area contributed by atoms with Crippen LogP contribution in [-0.2, 0) is 19.4 Å². The van der Waals surface area contributed by atoms with Crippen LogP contribution in [0, 0.1) is 0 Å². The van der Waals surface area contributed by atoms with Gasteiger partial charge in [0.25, 0.3) is 0 Å². The van der Waals surface area contributed by atoms with Crippen LogP contribution >= 0.6 is 11.6 Å². The van der Waals surface area contributed by atoms with Crippen molar-refractivity contribution in [2.45, 2.75) is 19.4 Å². The minimum Gasteiger partial charge on any atom is -0.369 e. The van der Waals surface area contributed by atoms with Crippen molar-refractivity contribution in [2.24, 2.45) is 5.73 Å². The standard InChI is InChI=1S/C36H32ClN5O/c37-33-20-26(9-11-29(33)27-7-2-1-3-8-27)22-39-16-13-24-5-4-6-25(19-24)14-18-41-36-31-15-17-40-23-32(31)30-12-10-28(35(38)43)21-34(30)42-36/h1-12,15,17,19-21,23,39H,13-14,16,18,22H2,(H2,38,43)(H,41,42). The summed E-state index contributed by atoms with van der Waals surface area (Å²) in [6.45, 7) is 2.35. The molecule has 0 bridgehead atoms. The fourth-order valence-corrected chi connectivity index (χ4v) is 5.70. The molecule has 0 aliphatic carbocycles. The number of rotatable bonds is 11. The lowest BCUT2D eigenvalue weighted by molar-refractivity contribution is 0.100. The topological polar surface area (TPSA) is 92.9 Å². The van der Waals surface area contributed by atoms with Gasteiger partial charge in [-0.1, -0.05) is 84.4 Å². The van der Waals surface area contributed by atoms with Crippen molar-refractivity contribution >= 4 is 45.0 Å². The average Bonchev–Trinajstić information content (AvgIpc) is 3.03. The molecular formula is C36H32ClN5O. The van der Waals surface area contributed by atoms with Crippen molar-refractivity contribution < 1.29 is 4.79 Å². The third-order valence-corrected chi connectivity index (χ3v) is 7.93. The van der Waals surface area contributed by atoms with Crippen molar-refractivity contribution in [2.75, 3.05) is 18.4 Å². The van der Waals surface area contributed by atoms with Crippen molar-refractivity contribution in [3.8, 4) is 11.1 Å². The summed E-state index contributed by atoms with van der Waals surface area (Å²) in [4.78, 5) is 20.9. The number of carbonyl (C=O) groups excluding carboxylic acids is 1. The molecule has 0 spiro atoms. The van der Waals surface area contributed by atoms with Gasteiger partial charge in [0.05, 0.1) is 5.52 Å². The number of benzene rings is 4. The maximum atomic E-state index is 11.7. The van der Waals surface area contributed by atoms with E-state index in [1.807, 2.05) is 42.6 Å². The molecule has 0 saturated carbocycles. The molecule has 4 N–H and O–H groups in total. The number of pyridine rings is 2. The average molecular weight is 586 g/mol. The Morgan fingerprint density at radius 1 is 0.767 bits per heavy atom. The van der Waals surface area contributed by atoms with Gasteiger partial charge in [-0.05, 0) is 65.9 Å². The lowest BCUT2D eigenvalue weighted by Crippen LogP contribution is -2.16. The minimum atomic E-state index is -0.471. The van der Waals surface area contributed by atoms with Crippen molar-refractivity contribution in [1.82, 2.24) is 15.3 Å². The van der Waals surface area contributed by atoms with Crippen molar-refractivity contribution in [3.63, 3.8) is 0 Å². The van der Waals surface area contributed by atoms with E-state index in [1.54, 1.807) is 18.3 Å². The highest BCUT2D eigenvalue weighted by Crippen LogP contribution is 2.30. The molecule has 0 unspecified atom stereocenters. The Hall–Kier alpha value is -4.78. The van der Waals surface area contributed by atoms with Gasteiger partial charge in [-0.2, -0.15) is 0 Å². The number of fused-ring (bicyclic) bond motifs is 3. The van der Waals surface area contributed by atoms with Gasteiger partial charge in [0.15, 0.2) is 0 Å². The number of amides is 1. The van der Waals surface area contributed by atoms with E-state index in [1.165, 1.54) is 16.7 Å². The Kier molecular flexibility index (Phi) is 8.59. The monoisotopic (exact) mass is 585 g/mol. The molecule has 4 aromatic carbocycles. The van der Waals surface area contributed by atoms with Crippen molar-refractivity contribution in [1.29, 1.82) is 0 Å². The summed E-state index contributed by atoms with van der Waals surface area (Å²) < 4.78 is 0. The molecule has 7 heteroatoms. The molecule has 6 aromatic rings. The summed E-state index contributed by atoms with van der Waals surface area (Å²) in [6.07, 6.45) is 5.38. The van der Waals surface area contributed by atoms with Crippen LogP contribution in [0.3, 0.4) is 0 Å². The Morgan fingerprint density at radius 2 is 1.58 bits per heavy atom. The lowest BCUT2D eigenvalue weighted by atomic mass is 10.0. The van der Waals surface area contributed by atoms with E-state index in [0.29, 0.717) is 17.6 Å². The summed E-state index contributed by atoms with van der Waals surface area (Å²) in [5, 5.41) is 10.7. The summed E-state index contributed by atoms with van der Waals surface area (Å²) >= 11 is 6.59. The molecule has 0 aliphatic heterocycles. The zero-order chi connectivity index (χ0) is 29.6. The first kappa shape index (κ1) is 28.3. The highest BCUT2D eigenvalue weighted by atomic mass is 35.5. The predicted molar refractivity (Wildman–Crippen MR) is 176 cm³/mol. The van der Waals surface area contributed by atoms with E-state index in [9.17, 15) is 4.79 Å². The van der Waals surface area contributed by atoms with Crippen LogP contribution in [0.5, 0.6) is 0 Å². The number of nitrogens with two attached hydrogens (primary N) is 1. The van der Waals surface area contributed by atoms with Crippen LogP contribution < -0.4 is 16.4 Å². The van der Waals surface area contributed by atoms with Gasteiger partial charge in [0, 0.05) is 57.8 Å². The van der Waals surface area contributed by atoms with Gasteiger partial charge in [-0.3, -0.25) is 9.78 Å². The number of primary amides is 1. The molecule has 0 radical (unpaired) electrons. The predicted octanol–water partition coefficient (Wildman–Crippen LogP) is 7.19. The van der Waals surface area contributed by atoms with Crippen LogP contribution in [0.2, 0.25) is 5.02 Å². The fraction of sp³-hybridized carbons (Fsp3) is 0.139. The van der Waals surface area contributed by atoms with Gasteiger partial charge < -0.3 is 16.4 Å². The Bertz CT molecular complexity index is 1910. The van der Waals surface area contributed by atoms with Crippen LogP contribution in [0.15, 0.2) is 109 Å². The van der Waals surface area contributed by atoms with Crippen LogP contribution in [-0.4, -0.2) is 29.0 Å². The third-order valence-electron chi connectivity index (χ3n) is 7.62. The lowest BCUT2D eigenvalue weighted by Gasteiger charge is -2.12. The first-order valence-corrected chi connectivity index (χ1v) is 14.8. The van der Waals surface area contributed by atoms with Crippen LogP contribution in [0.1, 0.15) is 27.0 Å². The zero-order valence-corrected chi connectivity index (χ0v) is 24.4. The Morgan fingerprint density at radius 3 is 2.37 bits per heavy atom. The Balaban J connectivity index is 1.05. The van der Waals surface area contributed by atoms with E-state index >= 15 is 0 Å². The first-order valence-electron chi connectivity index (χ1n) is 14.4. The van der Waals surface area contributed by atoms with Crippen molar-refractivity contribution in [3.05, 3.63) is 137 Å². The maximum absolute atomic E-state index is 11.7. The summed E-state index contributed by atoms with van der Waals surface area (Å²) in [7, 11) is 0. The highest BCUT2D eigenvalue weighted by Gasteiger charge is 2.11. The molecule has 6 nitrogen and oxygen atoms in total. The number of halogens is 1. The second-order valence-corrected chi connectivity index (χ2v) is 11.0. The number of hydrogen-bond donors (Lipinski definition) is 3. The van der Waals surface area contributed by atoms with E-state index in [0.717, 1.165) is 64.1 Å². The van der Waals surface area contributed by atoms with E-state index < -0.39 is 5.91 Å². The van der Waals surface area contributed by atoms with Gasteiger partial charge in [0.2, 0.25) is 5.91 Å². The van der Waals surface area contributed by atoms with Gasteiger partial charge in [0.1, 0.15) is 5.82 Å². The number of aromatic nitrogens is 2. The Labute approximate surface area is 255 Å². The molecule has 2 heterocycles. The van der Waals surface area contributed by atoms with Crippen LogP contribution in [0.25, 0.3) is 32.8 Å². The summed E-state index contributed by atoms with van der Waals surface area (Å²) in [6, 6.07) is 32.5. The molecule has 43 heavy (non-hydrogen) atoms. The molecule has 2 aromatic heterocycles. The molecule has 0 saturated heterocycles. The van der Waals surface area contributed by atoms with Gasteiger partial charge in [-0.15, -0.1) is 0 Å². The molecule has 0 aliphatic rings. The number of carbonyl (C=O) groups is 1. The SMILES string of the molecule is NC(=O)c1ccc2c(c1)nc(NCCc1cccc(CCNCc3ccc(-c4ccccc4)c(Cl)c3)c1)c1ccncc12. The number of hydrogen-bond acceptors (Lipinski definition) is 5. The maximum Gasteiger partial charge on any atom is 0.248 e. The van der Waals surface area contributed by atoms with E-state index in [2.05, 4.69) is 64.1 Å². The molecule has 214 valence electrons. The third kappa shape index (κ3) is 6.67. The first-order chi connectivity index (χ1) is 21.0. The molecule has 6 rings (SSSR count). The largest absolute Gasteiger partial charge is 0.369 e. The smallest absolute Gasteiger partial charge is 0.248 e. The second kappa shape index (κ2) is 13.0. The number of nitrogens with one attached hydrogen (secondary N) is 2. The minimum absolute atomic E-state index is 0.435. The highest BCUT2D eigenvalue weighted by molar-refractivity contribution is 6.33. The normalized spacial score (nSPS) is 11.2. The molecular weight excluding hydrogens is 554 g/mol. The fourth-order valence-electron chi connectivity index (χ4n) is 5.39. The zero-order valence-electron chi connectivity index (χ0n) is 23.7. The molecule has 1 amide bonds. The quantitative estimate of drug-likeness (QED) is 0.111. The summed E-state index contributed by atoms with van der Waals surface area (Å²) in [5.41, 5.74) is 12.5. The van der Waals surface area contributed by atoms with Gasteiger partial charge >= 0.3 is 0 Å².